The molecule has 26 heavy (non-hydrogen) atoms. The Morgan fingerprint density at radius 3 is 2.27 bits per heavy atom. The number of nitrogens with one attached hydrogen (secondary N) is 1. The first-order chi connectivity index (χ1) is 12.6. The van der Waals surface area contributed by atoms with Gasteiger partial charge in [-0.3, -0.25) is 9.59 Å². The summed E-state index contributed by atoms with van der Waals surface area (Å²) in [4.78, 5) is 27.3. The lowest BCUT2D eigenvalue weighted by atomic mass is 10.0. The molecular formula is C21H23FN2O2. The third-order valence-corrected chi connectivity index (χ3v) is 4.63. The van der Waals surface area contributed by atoms with Crippen LogP contribution < -0.4 is 5.32 Å². The van der Waals surface area contributed by atoms with Crippen molar-refractivity contribution in [2.45, 2.75) is 31.7 Å². The fourth-order valence-electron chi connectivity index (χ4n) is 3.23. The van der Waals surface area contributed by atoms with Crippen LogP contribution in [-0.2, 0) is 16.0 Å². The van der Waals surface area contributed by atoms with Gasteiger partial charge in [0.05, 0.1) is 6.42 Å². The number of rotatable bonds is 5. The molecule has 1 N–H and O–H groups in total. The Hall–Kier alpha value is -2.69. The zero-order valence-corrected chi connectivity index (χ0v) is 14.7. The highest BCUT2D eigenvalue weighted by molar-refractivity contribution is 5.89. The average molecular weight is 354 g/mol. The summed E-state index contributed by atoms with van der Waals surface area (Å²) < 4.78 is 13.0. The lowest BCUT2D eigenvalue weighted by Gasteiger charge is -2.31. The van der Waals surface area contributed by atoms with Crippen LogP contribution in [0.4, 0.5) is 4.39 Å². The van der Waals surface area contributed by atoms with E-state index in [0.717, 1.165) is 37.9 Å². The van der Waals surface area contributed by atoms with Crippen LogP contribution in [0.25, 0.3) is 0 Å². The lowest BCUT2D eigenvalue weighted by Crippen LogP contribution is -2.45. The first-order valence-electron chi connectivity index (χ1n) is 9.01. The van der Waals surface area contributed by atoms with Gasteiger partial charge >= 0.3 is 0 Å². The number of hydrogen-bond acceptors (Lipinski definition) is 2. The van der Waals surface area contributed by atoms with Crippen LogP contribution in [0.15, 0.2) is 54.6 Å². The van der Waals surface area contributed by atoms with Gasteiger partial charge in [0, 0.05) is 13.1 Å². The zero-order chi connectivity index (χ0) is 18.4. The van der Waals surface area contributed by atoms with Crippen LogP contribution >= 0.6 is 0 Å². The molecule has 3 rings (SSSR count). The van der Waals surface area contributed by atoms with Crippen molar-refractivity contribution in [1.29, 1.82) is 0 Å². The number of carbonyl (C=O) groups excluding carboxylic acids is 2. The third-order valence-electron chi connectivity index (χ3n) is 4.63. The molecule has 0 aliphatic carbocycles. The van der Waals surface area contributed by atoms with Gasteiger partial charge in [-0.25, -0.2) is 4.39 Å². The second kappa shape index (κ2) is 8.61. The molecule has 0 radical (unpaired) electrons. The summed E-state index contributed by atoms with van der Waals surface area (Å²) in [7, 11) is 0. The molecule has 4 nitrogen and oxygen atoms in total. The van der Waals surface area contributed by atoms with Crippen LogP contribution in [0.3, 0.4) is 0 Å². The fraction of sp³-hybridized carbons (Fsp3) is 0.333. The SMILES string of the molecule is O=C(Cc1ccc(F)cc1)N[C@H](C(=O)N1CCCCC1)c1ccccc1. The number of amides is 2. The predicted octanol–water partition coefficient (Wildman–Crippen LogP) is 3.24. The maximum atomic E-state index is 13.0. The summed E-state index contributed by atoms with van der Waals surface area (Å²) in [5.41, 5.74) is 1.48. The molecule has 1 aliphatic rings. The van der Waals surface area contributed by atoms with E-state index < -0.39 is 6.04 Å². The minimum Gasteiger partial charge on any atom is -0.341 e. The monoisotopic (exact) mass is 354 g/mol. The molecule has 0 spiro atoms. The normalized spacial score (nSPS) is 15.3. The number of piperidine rings is 1. The summed E-state index contributed by atoms with van der Waals surface area (Å²) in [5.74, 6) is -0.657. The molecule has 0 aromatic heterocycles. The third kappa shape index (κ3) is 4.69. The van der Waals surface area contributed by atoms with Crippen molar-refractivity contribution in [3.05, 3.63) is 71.5 Å². The molecule has 1 atom stereocenters. The van der Waals surface area contributed by atoms with Gasteiger partial charge in [0.2, 0.25) is 11.8 Å². The average Bonchev–Trinajstić information content (AvgIpc) is 2.69. The van der Waals surface area contributed by atoms with Gasteiger partial charge in [-0.1, -0.05) is 42.5 Å². The van der Waals surface area contributed by atoms with Gasteiger partial charge in [-0.15, -0.1) is 0 Å². The van der Waals surface area contributed by atoms with Crippen LogP contribution in [0.1, 0.15) is 36.4 Å². The Balaban J connectivity index is 1.73. The number of likely N-dealkylation sites (tertiary alicyclic amines) is 1. The molecule has 2 aromatic rings. The number of carbonyl (C=O) groups is 2. The Morgan fingerprint density at radius 2 is 1.62 bits per heavy atom. The molecule has 2 amide bonds. The molecular weight excluding hydrogens is 331 g/mol. The minimum atomic E-state index is -0.692. The molecule has 1 heterocycles. The zero-order valence-electron chi connectivity index (χ0n) is 14.7. The van der Waals surface area contributed by atoms with Crippen molar-refractivity contribution >= 4 is 11.8 Å². The van der Waals surface area contributed by atoms with Crippen LogP contribution in [0.5, 0.6) is 0 Å². The number of halogens is 1. The lowest BCUT2D eigenvalue weighted by molar-refractivity contribution is -0.137. The molecule has 1 fully saturated rings. The number of hydrogen-bond donors (Lipinski definition) is 1. The number of nitrogens with zero attached hydrogens (tertiary/aromatic N) is 1. The van der Waals surface area contributed by atoms with E-state index in [1.165, 1.54) is 12.1 Å². The van der Waals surface area contributed by atoms with Crippen LogP contribution in [0, 0.1) is 5.82 Å². The van der Waals surface area contributed by atoms with Gasteiger partial charge in [0.15, 0.2) is 0 Å². The van der Waals surface area contributed by atoms with E-state index in [-0.39, 0.29) is 24.1 Å². The van der Waals surface area contributed by atoms with Crippen molar-refractivity contribution in [2.75, 3.05) is 13.1 Å². The van der Waals surface area contributed by atoms with E-state index in [0.29, 0.717) is 5.56 Å². The molecule has 0 saturated carbocycles. The molecule has 0 bridgehead atoms. The van der Waals surface area contributed by atoms with Crippen LogP contribution in [-0.4, -0.2) is 29.8 Å². The highest BCUT2D eigenvalue weighted by Crippen LogP contribution is 2.19. The first kappa shape index (κ1) is 18.1. The Bertz CT molecular complexity index is 740. The molecule has 136 valence electrons. The maximum Gasteiger partial charge on any atom is 0.249 e. The van der Waals surface area contributed by atoms with Crippen molar-refractivity contribution in [1.82, 2.24) is 10.2 Å². The van der Waals surface area contributed by atoms with Gasteiger partial charge < -0.3 is 10.2 Å². The van der Waals surface area contributed by atoms with Crippen LogP contribution in [0.2, 0.25) is 0 Å². The molecule has 2 aromatic carbocycles. The second-order valence-corrected chi connectivity index (χ2v) is 6.60. The summed E-state index contributed by atoms with van der Waals surface area (Å²) in [6.07, 6.45) is 3.24. The standard InChI is InChI=1S/C21H23FN2O2/c22-18-11-9-16(10-12-18)15-19(25)23-20(17-7-3-1-4-8-17)21(26)24-13-5-2-6-14-24/h1,3-4,7-12,20H,2,5-6,13-15H2,(H,23,25)/t20-/m0/s1. The van der Waals surface area contributed by atoms with E-state index in [2.05, 4.69) is 5.32 Å². The largest absolute Gasteiger partial charge is 0.341 e. The van der Waals surface area contributed by atoms with Gasteiger partial charge in [0.1, 0.15) is 11.9 Å². The van der Waals surface area contributed by atoms with E-state index in [1.54, 1.807) is 12.1 Å². The van der Waals surface area contributed by atoms with E-state index in [4.69, 9.17) is 0 Å². The molecule has 1 aliphatic heterocycles. The molecule has 0 unspecified atom stereocenters. The van der Waals surface area contributed by atoms with Gasteiger partial charge in [-0.2, -0.15) is 0 Å². The second-order valence-electron chi connectivity index (χ2n) is 6.60. The summed E-state index contributed by atoms with van der Waals surface area (Å²) in [5, 5.41) is 2.87. The Morgan fingerprint density at radius 1 is 0.962 bits per heavy atom. The first-order valence-corrected chi connectivity index (χ1v) is 9.01. The Labute approximate surface area is 153 Å². The van der Waals surface area contributed by atoms with E-state index in [9.17, 15) is 14.0 Å². The fourth-order valence-corrected chi connectivity index (χ4v) is 3.23. The van der Waals surface area contributed by atoms with E-state index >= 15 is 0 Å². The topological polar surface area (TPSA) is 49.4 Å². The van der Waals surface area contributed by atoms with Crippen molar-refractivity contribution in [3.8, 4) is 0 Å². The summed E-state index contributed by atoms with van der Waals surface area (Å²) in [6.45, 7) is 1.46. The quantitative estimate of drug-likeness (QED) is 0.896. The number of benzene rings is 2. The predicted molar refractivity (Wildman–Crippen MR) is 97.9 cm³/mol. The highest BCUT2D eigenvalue weighted by Gasteiger charge is 2.28. The minimum absolute atomic E-state index is 0.0663. The molecule has 1 saturated heterocycles. The molecule has 5 heteroatoms. The smallest absolute Gasteiger partial charge is 0.249 e. The van der Waals surface area contributed by atoms with Crippen molar-refractivity contribution < 1.29 is 14.0 Å². The summed E-state index contributed by atoms with van der Waals surface area (Å²) >= 11 is 0. The van der Waals surface area contributed by atoms with Gasteiger partial charge in [-0.05, 0) is 42.5 Å². The van der Waals surface area contributed by atoms with Crippen molar-refractivity contribution in [2.24, 2.45) is 0 Å². The summed E-state index contributed by atoms with van der Waals surface area (Å²) in [6, 6.07) is 14.4. The van der Waals surface area contributed by atoms with E-state index in [1.807, 2.05) is 35.2 Å². The van der Waals surface area contributed by atoms with Gasteiger partial charge in [0.25, 0.3) is 0 Å². The highest BCUT2D eigenvalue weighted by atomic mass is 19.1. The Kier molecular flexibility index (Phi) is 6.00. The maximum absolute atomic E-state index is 13.0. The van der Waals surface area contributed by atoms with Crippen molar-refractivity contribution in [3.63, 3.8) is 0 Å².